The van der Waals surface area contributed by atoms with E-state index < -0.39 is 0 Å². The molecule has 2 aromatic rings. The monoisotopic (exact) mass is 302 g/mol. The molecular formula is C19H23ClO. The Kier molecular flexibility index (Phi) is 4.63. The second kappa shape index (κ2) is 6.11. The maximum atomic E-state index is 10.3. The Morgan fingerprint density at radius 1 is 1.10 bits per heavy atom. The second-order valence-electron chi connectivity index (χ2n) is 6.64. The van der Waals surface area contributed by atoms with Gasteiger partial charge < -0.3 is 5.11 Å². The topological polar surface area (TPSA) is 20.2 Å². The van der Waals surface area contributed by atoms with Crippen molar-refractivity contribution < 1.29 is 5.11 Å². The zero-order valence-electron chi connectivity index (χ0n) is 13.2. The molecule has 0 amide bonds. The van der Waals surface area contributed by atoms with E-state index in [1.54, 1.807) is 0 Å². The fourth-order valence-corrected chi connectivity index (χ4v) is 2.80. The van der Waals surface area contributed by atoms with Gasteiger partial charge >= 0.3 is 0 Å². The number of aryl methyl sites for hydroxylation is 1. The zero-order chi connectivity index (χ0) is 15.6. The molecule has 0 radical (unpaired) electrons. The van der Waals surface area contributed by atoms with Gasteiger partial charge in [0.25, 0.3) is 0 Å². The maximum absolute atomic E-state index is 10.3. The fourth-order valence-electron chi connectivity index (χ4n) is 2.50. The van der Waals surface area contributed by atoms with Gasteiger partial charge in [-0.05, 0) is 41.0 Å². The highest BCUT2D eigenvalue weighted by atomic mass is 35.5. The van der Waals surface area contributed by atoms with Crippen molar-refractivity contribution in [3.05, 3.63) is 64.7 Å². The SMILES string of the molecule is Cc1cc(C(Cl)Cc2ccccc2)cc(C(C)(C)C)c1O. The van der Waals surface area contributed by atoms with Gasteiger partial charge in [-0.15, -0.1) is 11.6 Å². The van der Waals surface area contributed by atoms with Crippen LogP contribution in [0.4, 0.5) is 0 Å². The molecule has 1 nitrogen and oxygen atoms in total. The lowest BCUT2D eigenvalue weighted by Gasteiger charge is -2.23. The van der Waals surface area contributed by atoms with E-state index >= 15 is 0 Å². The molecule has 0 heterocycles. The fraction of sp³-hybridized carbons (Fsp3) is 0.368. The highest BCUT2D eigenvalue weighted by Crippen LogP contribution is 2.37. The molecular weight excluding hydrogens is 280 g/mol. The Morgan fingerprint density at radius 3 is 2.29 bits per heavy atom. The van der Waals surface area contributed by atoms with Gasteiger partial charge in [-0.25, -0.2) is 0 Å². The number of alkyl halides is 1. The molecule has 0 fully saturated rings. The molecule has 0 aliphatic carbocycles. The van der Waals surface area contributed by atoms with Gasteiger partial charge in [-0.2, -0.15) is 0 Å². The summed E-state index contributed by atoms with van der Waals surface area (Å²) >= 11 is 6.61. The molecule has 2 rings (SSSR count). The zero-order valence-corrected chi connectivity index (χ0v) is 13.9. The van der Waals surface area contributed by atoms with Crippen LogP contribution < -0.4 is 0 Å². The van der Waals surface area contributed by atoms with Crippen molar-refractivity contribution in [1.29, 1.82) is 0 Å². The molecule has 0 bridgehead atoms. The Bertz CT molecular complexity index is 611. The molecule has 2 heteroatoms. The minimum Gasteiger partial charge on any atom is -0.507 e. The molecule has 1 unspecified atom stereocenters. The Hall–Kier alpha value is -1.47. The average Bonchev–Trinajstić information content (AvgIpc) is 2.41. The molecule has 0 aromatic heterocycles. The van der Waals surface area contributed by atoms with Crippen LogP contribution in [-0.2, 0) is 11.8 Å². The lowest BCUT2D eigenvalue weighted by molar-refractivity contribution is 0.442. The Balaban J connectivity index is 2.34. The maximum Gasteiger partial charge on any atom is 0.122 e. The third kappa shape index (κ3) is 3.79. The molecule has 21 heavy (non-hydrogen) atoms. The largest absolute Gasteiger partial charge is 0.507 e. The standard InChI is InChI=1S/C19H23ClO/c1-13-10-15(12-16(18(13)21)19(2,3)4)17(20)11-14-8-6-5-7-9-14/h5-10,12,17,21H,11H2,1-4H3. The summed E-state index contributed by atoms with van der Waals surface area (Å²) in [6.07, 6.45) is 0.788. The minimum absolute atomic E-state index is 0.0900. The van der Waals surface area contributed by atoms with Crippen molar-refractivity contribution in [1.82, 2.24) is 0 Å². The van der Waals surface area contributed by atoms with Gasteiger partial charge in [-0.3, -0.25) is 0 Å². The van der Waals surface area contributed by atoms with E-state index in [0.29, 0.717) is 5.75 Å². The van der Waals surface area contributed by atoms with E-state index in [4.69, 9.17) is 11.6 Å². The minimum atomic E-state index is -0.103. The highest BCUT2D eigenvalue weighted by Gasteiger charge is 2.22. The van der Waals surface area contributed by atoms with Crippen molar-refractivity contribution >= 4 is 11.6 Å². The van der Waals surface area contributed by atoms with Crippen LogP contribution in [0.5, 0.6) is 5.75 Å². The number of phenolic OH excluding ortho intramolecular Hbond substituents is 1. The van der Waals surface area contributed by atoms with E-state index in [0.717, 1.165) is 23.1 Å². The number of rotatable bonds is 3. The highest BCUT2D eigenvalue weighted by molar-refractivity contribution is 6.21. The molecule has 112 valence electrons. The number of hydrogen-bond acceptors (Lipinski definition) is 1. The second-order valence-corrected chi connectivity index (χ2v) is 7.17. The quantitative estimate of drug-likeness (QED) is 0.740. The first kappa shape index (κ1) is 15.9. The lowest BCUT2D eigenvalue weighted by atomic mass is 9.83. The predicted molar refractivity (Wildman–Crippen MR) is 90.3 cm³/mol. The number of phenols is 1. The third-order valence-corrected chi connectivity index (χ3v) is 4.16. The van der Waals surface area contributed by atoms with Crippen LogP contribution in [-0.4, -0.2) is 5.11 Å². The Labute approximate surface area is 132 Å². The van der Waals surface area contributed by atoms with Crippen LogP contribution in [0.15, 0.2) is 42.5 Å². The van der Waals surface area contributed by atoms with Crippen LogP contribution in [0, 0.1) is 6.92 Å². The summed E-state index contributed by atoms with van der Waals surface area (Å²) in [6, 6.07) is 14.3. The van der Waals surface area contributed by atoms with Gasteiger partial charge in [0.2, 0.25) is 0 Å². The van der Waals surface area contributed by atoms with Gasteiger partial charge in [0.1, 0.15) is 5.75 Å². The molecule has 0 aliphatic heterocycles. The first-order valence-electron chi connectivity index (χ1n) is 7.31. The summed E-state index contributed by atoms with van der Waals surface area (Å²) in [5, 5.41) is 10.2. The summed E-state index contributed by atoms with van der Waals surface area (Å²) in [5.41, 5.74) is 4.03. The summed E-state index contributed by atoms with van der Waals surface area (Å²) in [7, 11) is 0. The smallest absolute Gasteiger partial charge is 0.122 e. The van der Waals surface area contributed by atoms with Crippen molar-refractivity contribution in [2.24, 2.45) is 0 Å². The molecule has 0 saturated heterocycles. The van der Waals surface area contributed by atoms with Crippen LogP contribution >= 0.6 is 11.6 Å². The van der Waals surface area contributed by atoms with Crippen molar-refractivity contribution in [3.63, 3.8) is 0 Å². The van der Waals surface area contributed by atoms with Gasteiger partial charge in [-0.1, -0.05) is 63.2 Å². The van der Waals surface area contributed by atoms with Crippen LogP contribution in [0.2, 0.25) is 0 Å². The van der Waals surface area contributed by atoms with Crippen LogP contribution in [0.3, 0.4) is 0 Å². The number of aromatic hydroxyl groups is 1. The molecule has 1 atom stereocenters. The van der Waals surface area contributed by atoms with E-state index in [1.165, 1.54) is 5.56 Å². The first-order valence-corrected chi connectivity index (χ1v) is 7.74. The van der Waals surface area contributed by atoms with Crippen LogP contribution in [0.25, 0.3) is 0 Å². The van der Waals surface area contributed by atoms with Crippen molar-refractivity contribution in [3.8, 4) is 5.75 Å². The molecule has 0 saturated carbocycles. The third-order valence-electron chi connectivity index (χ3n) is 3.75. The first-order chi connectivity index (χ1) is 9.79. The van der Waals surface area contributed by atoms with Gasteiger partial charge in [0, 0.05) is 0 Å². The van der Waals surface area contributed by atoms with E-state index in [2.05, 4.69) is 32.9 Å². The van der Waals surface area contributed by atoms with Crippen molar-refractivity contribution in [2.75, 3.05) is 0 Å². The molecule has 0 spiro atoms. The van der Waals surface area contributed by atoms with Gasteiger partial charge in [0.05, 0.1) is 5.38 Å². The summed E-state index contributed by atoms with van der Waals surface area (Å²) in [4.78, 5) is 0. The number of benzene rings is 2. The predicted octanol–water partition coefficient (Wildman–Crippen LogP) is 5.52. The molecule has 0 aliphatic rings. The Morgan fingerprint density at radius 2 is 1.71 bits per heavy atom. The van der Waals surface area contributed by atoms with Crippen LogP contribution in [0.1, 0.15) is 48.4 Å². The van der Waals surface area contributed by atoms with Crippen molar-refractivity contribution in [2.45, 2.75) is 44.9 Å². The summed E-state index contributed by atoms with van der Waals surface area (Å²) < 4.78 is 0. The molecule has 2 aromatic carbocycles. The number of halogens is 1. The van der Waals surface area contributed by atoms with Gasteiger partial charge in [0.15, 0.2) is 0 Å². The van der Waals surface area contributed by atoms with E-state index in [-0.39, 0.29) is 10.8 Å². The average molecular weight is 303 g/mol. The summed E-state index contributed by atoms with van der Waals surface area (Å²) in [6.45, 7) is 8.24. The normalized spacial score (nSPS) is 13.2. The lowest BCUT2D eigenvalue weighted by Crippen LogP contribution is -2.13. The summed E-state index contributed by atoms with van der Waals surface area (Å²) in [5.74, 6) is 0.384. The van der Waals surface area contributed by atoms with E-state index in [9.17, 15) is 5.11 Å². The van der Waals surface area contributed by atoms with E-state index in [1.807, 2.05) is 37.3 Å². The number of hydrogen-bond donors (Lipinski definition) is 1. The molecule has 1 N–H and O–H groups in total.